The Kier molecular flexibility index (Phi) is 9.27. The zero-order valence-electron chi connectivity index (χ0n) is 21.6. The van der Waals surface area contributed by atoms with Gasteiger partial charge >= 0.3 is 18.4 Å². The second kappa shape index (κ2) is 12.4. The number of halogens is 4. The molecule has 42 heavy (non-hydrogen) atoms. The maximum absolute atomic E-state index is 15.1. The average molecular weight is 638 g/mol. The topological polar surface area (TPSA) is 148 Å². The number of aromatic amines is 1. The molecule has 0 spiro atoms. The van der Waals surface area contributed by atoms with Gasteiger partial charge in [-0.2, -0.15) is 8.78 Å². The van der Waals surface area contributed by atoms with Gasteiger partial charge < -0.3 is 28.0 Å². The van der Waals surface area contributed by atoms with E-state index in [-0.39, 0.29) is 27.7 Å². The number of aliphatic hydroxyl groups excluding tert-OH is 1. The predicted molar refractivity (Wildman–Crippen MR) is 140 cm³/mol. The fraction of sp³-hybridized carbons (Fsp3) is 0.333. The fourth-order valence-electron chi connectivity index (χ4n) is 3.74. The number of H-pyrrole nitrogens is 1. The summed E-state index contributed by atoms with van der Waals surface area (Å²) in [4.78, 5) is 25.2. The lowest BCUT2D eigenvalue weighted by Gasteiger charge is -2.31. The largest absolute Gasteiger partial charge is 0.497 e. The zero-order chi connectivity index (χ0) is 30.7. The van der Waals surface area contributed by atoms with E-state index in [2.05, 4.69) is 0 Å². The van der Waals surface area contributed by atoms with Gasteiger partial charge in [0.25, 0.3) is 12.0 Å². The van der Waals surface area contributed by atoms with Crippen molar-refractivity contribution >= 4 is 18.5 Å². The Balaban J connectivity index is 1.63. The minimum atomic E-state index is -4.72. The van der Waals surface area contributed by atoms with Gasteiger partial charge in [-0.05, 0) is 48.5 Å². The standard InChI is InChI=1S/C24H23F4N2O10PS/c1-35-14-3-7-16(8-4-14)39-41(34,42-40-17-9-5-15(36-2)6-10-17)37-13-23(20(25)26)19(32)24(27,28)21(38-23)30-12-11-18(31)29-22(30)33/h3-12,19-21,32H,13H2,1-2H3,(H,29,31,33)/t19-,21-,23-,41?/m1/s1. The van der Waals surface area contributed by atoms with Gasteiger partial charge in [0.2, 0.25) is 6.23 Å². The number of nitrogens with one attached hydrogen (secondary N) is 1. The first kappa shape index (κ1) is 31.4. The number of hydrogen-bond acceptors (Lipinski definition) is 11. The lowest BCUT2D eigenvalue weighted by Crippen LogP contribution is -2.54. The Labute approximate surface area is 238 Å². The maximum atomic E-state index is 15.1. The van der Waals surface area contributed by atoms with Crippen LogP contribution in [0, 0.1) is 0 Å². The predicted octanol–water partition coefficient (Wildman–Crippen LogP) is 4.01. The van der Waals surface area contributed by atoms with E-state index < -0.39 is 54.9 Å². The summed E-state index contributed by atoms with van der Waals surface area (Å²) < 4.78 is 104. The van der Waals surface area contributed by atoms with Gasteiger partial charge in [-0.15, -0.1) is 0 Å². The summed E-state index contributed by atoms with van der Waals surface area (Å²) in [7, 11) is 2.82. The summed E-state index contributed by atoms with van der Waals surface area (Å²) in [6.45, 7) is -6.33. The number of methoxy groups -OCH3 is 2. The summed E-state index contributed by atoms with van der Waals surface area (Å²) in [5, 5.41) is 10.4. The molecule has 18 heteroatoms. The SMILES string of the molecule is COc1ccc(OSP(=O)(OC[C@@]2(C(F)F)O[C@@H](n3ccc(=O)[nH]c3=O)C(F)(F)[C@@H]2O)Oc2ccc(OC)cc2)cc1. The van der Waals surface area contributed by atoms with Crippen LogP contribution < -0.4 is 29.4 Å². The molecule has 0 aliphatic carbocycles. The van der Waals surface area contributed by atoms with Crippen molar-refractivity contribution in [3.05, 3.63) is 81.6 Å². The van der Waals surface area contributed by atoms with E-state index in [1.807, 2.05) is 0 Å². The van der Waals surface area contributed by atoms with E-state index in [1.54, 1.807) is 4.98 Å². The molecule has 1 fully saturated rings. The second-order valence-electron chi connectivity index (χ2n) is 8.64. The van der Waals surface area contributed by atoms with Crippen molar-refractivity contribution in [1.29, 1.82) is 0 Å². The van der Waals surface area contributed by atoms with Crippen molar-refractivity contribution in [1.82, 2.24) is 9.55 Å². The molecule has 4 rings (SSSR count). The molecule has 2 N–H and O–H groups in total. The van der Waals surface area contributed by atoms with Gasteiger partial charge in [-0.3, -0.25) is 18.9 Å². The van der Waals surface area contributed by atoms with Crippen LogP contribution >= 0.6 is 18.5 Å². The number of aromatic nitrogens is 2. The number of aliphatic hydroxyl groups is 1. The van der Waals surface area contributed by atoms with Crippen molar-refractivity contribution in [3.63, 3.8) is 0 Å². The van der Waals surface area contributed by atoms with Gasteiger partial charge in [0.1, 0.15) is 23.0 Å². The highest BCUT2D eigenvalue weighted by molar-refractivity contribution is 8.52. The Morgan fingerprint density at radius 3 is 2.07 bits per heavy atom. The second-order valence-corrected chi connectivity index (χ2v) is 12.1. The molecule has 4 atom stereocenters. The lowest BCUT2D eigenvalue weighted by molar-refractivity contribution is -0.192. The van der Waals surface area contributed by atoms with Crippen LogP contribution in [0.5, 0.6) is 23.0 Å². The summed E-state index contributed by atoms with van der Waals surface area (Å²) in [5.74, 6) is -3.65. The fourth-order valence-corrected chi connectivity index (χ4v) is 6.06. The minimum absolute atomic E-state index is 0.0659. The molecule has 0 bridgehead atoms. The van der Waals surface area contributed by atoms with Crippen LogP contribution in [0.2, 0.25) is 0 Å². The van der Waals surface area contributed by atoms with E-state index in [9.17, 15) is 28.0 Å². The molecule has 0 saturated carbocycles. The zero-order valence-corrected chi connectivity index (χ0v) is 23.4. The molecule has 228 valence electrons. The van der Waals surface area contributed by atoms with Crippen LogP contribution in [-0.2, 0) is 13.8 Å². The summed E-state index contributed by atoms with van der Waals surface area (Å²) >= 11 is 0.0659. The lowest BCUT2D eigenvalue weighted by atomic mass is 9.96. The van der Waals surface area contributed by atoms with Gasteiger partial charge in [0, 0.05) is 12.3 Å². The smallest absolute Gasteiger partial charge is 0.478 e. The van der Waals surface area contributed by atoms with Crippen molar-refractivity contribution in [2.75, 3.05) is 20.8 Å². The molecule has 1 saturated heterocycles. The molecule has 3 aromatic rings. The van der Waals surface area contributed by atoms with Crippen LogP contribution in [0.3, 0.4) is 0 Å². The van der Waals surface area contributed by atoms with Crippen molar-refractivity contribution < 1.29 is 54.7 Å². The van der Waals surface area contributed by atoms with Crippen LogP contribution in [0.25, 0.3) is 0 Å². The first-order valence-corrected chi connectivity index (χ1v) is 14.6. The number of rotatable bonds is 12. The Morgan fingerprint density at radius 1 is 1.00 bits per heavy atom. The molecule has 0 amide bonds. The van der Waals surface area contributed by atoms with Crippen LogP contribution in [-0.4, -0.2) is 59.5 Å². The Bertz CT molecular complexity index is 1540. The van der Waals surface area contributed by atoms with Gasteiger partial charge in [0.05, 0.1) is 20.8 Å². The number of nitrogens with zero attached hydrogens (tertiary/aromatic N) is 1. The normalized spacial score (nSPS) is 22.9. The number of hydrogen-bond donors (Lipinski definition) is 2. The highest BCUT2D eigenvalue weighted by atomic mass is 32.7. The molecular weight excluding hydrogens is 615 g/mol. The van der Waals surface area contributed by atoms with E-state index in [0.717, 1.165) is 0 Å². The van der Waals surface area contributed by atoms with Crippen LogP contribution in [0.4, 0.5) is 17.6 Å². The van der Waals surface area contributed by atoms with Crippen LogP contribution in [0.1, 0.15) is 6.23 Å². The summed E-state index contributed by atoms with van der Waals surface area (Å²) in [5.41, 5.74) is -5.88. The van der Waals surface area contributed by atoms with E-state index in [1.165, 1.54) is 62.8 Å². The first-order valence-electron chi connectivity index (χ1n) is 11.8. The molecule has 1 aliphatic rings. The monoisotopic (exact) mass is 638 g/mol. The molecule has 2 heterocycles. The van der Waals surface area contributed by atoms with Crippen molar-refractivity contribution in [2.45, 2.75) is 30.3 Å². The third kappa shape index (κ3) is 6.44. The molecule has 12 nitrogen and oxygen atoms in total. The van der Waals surface area contributed by atoms with Crippen molar-refractivity contribution in [2.24, 2.45) is 0 Å². The summed E-state index contributed by atoms with van der Waals surface area (Å²) in [6, 6.07) is 12.0. The maximum Gasteiger partial charge on any atom is 0.478 e. The van der Waals surface area contributed by atoms with Gasteiger partial charge in [-0.1, -0.05) is 0 Å². The minimum Gasteiger partial charge on any atom is -0.497 e. The molecule has 1 unspecified atom stereocenters. The molecule has 1 aromatic heterocycles. The van der Waals surface area contributed by atoms with E-state index in [4.69, 9.17) is 27.4 Å². The number of alkyl halides is 4. The van der Waals surface area contributed by atoms with Gasteiger partial charge in [0.15, 0.2) is 23.4 Å². The number of benzene rings is 2. The Hall–Kier alpha value is -3.50. The highest BCUT2D eigenvalue weighted by Gasteiger charge is 2.71. The molecular formula is C24H23F4N2O10PS. The Morgan fingerprint density at radius 2 is 1.55 bits per heavy atom. The first-order chi connectivity index (χ1) is 19.8. The molecule has 0 radical (unpaired) electrons. The van der Waals surface area contributed by atoms with E-state index in [0.29, 0.717) is 23.8 Å². The number of ether oxygens (including phenoxy) is 3. The van der Waals surface area contributed by atoms with E-state index >= 15 is 8.78 Å². The molecule has 1 aliphatic heterocycles. The van der Waals surface area contributed by atoms with Crippen molar-refractivity contribution in [3.8, 4) is 23.0 Å². The summed E-state index contributed by atoms with van der Waals surface area (Å²) in [6.07, 6.45) is -9.33. The highest BCUT2D eigenvalue weighted by Crippen LogP contribution is 2.62. The quantitative estimate of drug-likeness (QED) is 0.169. The third-order valence-corrected chi connectivity index (χ3v) is 8.61. The van der Waals surface area contributed by atoms with Gasteiger partial charge in [-0.25, -0.2) is 18.1 Å². The average Bonchev–Trinajstić information content (AvgIpc) is 3.17. The van der Waals surface area contributed by atoms with Crippen LogP contribution in [0.15, 0.2) is 70.4 Å². The third-order valence-electron chi connectivity index (χ3n) is 5.97. The molecule has 2 aromatic carbocycles.